The van der Waals surface area contributed by atoms with Gasteiger partial charge in [-0.25, -0.2) is 4.98 Å². The van der Waals surface area contributed by atoms with Crippen molar-refractivity contribution in [2.24, 2.45) is 0 Å². The maximum atomic E-state index is 12.0. The Morgan fingerprint density at radius 2 is 2.11 bits per heavy atom. The number of para-hydroxylation sites is 1. The largest absolute Gasteiger partial charge is 0.468 e. The number of esters is 1. The van der Waals surface area contributed by atoms with Gasteiger partial charge >= 0.3 is 5.97 Å². The first-order valence-corrected chi connectivity index (χ1v) is 6.19. The van der Waals surface area contributed by atoms with E-state index in [0.29, 0.717) is 5.15 Å². The summed E-state index contributed by atoms with van der Waals surface area (Å²) in [6, 6.07) is 9.50. The van der Waals surface area contributed by atoms with Gasteiger partial charge in [0, 0.05) is 5.39 Å². The molecule has 0 bridgehead atoms. The second-order valence-electron chi connectivity index (χ2n) is 4.58. The van der Waals surface area contributed by atoms with E-state index in [0.717, 1.165) is 29.3 Å². The minimum absolute atomic E-state index is 0.185. The number of nitrogens with zero attached hydrogens (tertiary/aromatic N) is 1. The van der Waals surface area contributed by atoms with Crippen molar-refractivity contribution in [2.45, 2.75) is 18.3 Å². The molecule has 2 aromatic rings. The number of ether oxygens (including phenoxy) is 1. The summed E-state index contributed by atoms with van der Waals surface area (Å²) in [5.41, 5.74) is 1.24. The van der Waals surface area contributed by atoms with Gasteiger partial charge in [0.1, 0.15) is 5.15 Å². The van der Waals surface area contributed by atoms with E-state index in [4.69, 9.17) is 16.3 Å². The molecule has 1 aromatic heterocycles. The van der Waals surface area contributed by atoms with E-state index in [1.54, 1.807) is 6.07 Å². The van der Waals surface area contributed by atoms with Gasteiger partial charge in [-0.1, -0.05) is 29.8 Å². The minimum atomic E-state index is -0.513. The van der Waals surface area contributed by atoms with Crippen LogP contribution in [-0.2, 0) is 14.9 Å². The van der Waals surface area contributed by atoms with Crippen LogP contribution >= 0.6 is 11.6 Å². The fraction of sp³-hybridized carbons (Fsp3) is 0.286. The molecule has 0 N–H and O–H groups in total. The van der Waals surface area contributed by atoms with Crippen LogP contribution in [0.1, 0.15) is 18.4 Å². The Bertz CT molecular complexity index is 635. The number of hydrogen-bond donors (Lipinski definition) is 0. The van der Waals surface area contributed by atoms with Gasteiger partial charge in [-0.15, -0.1) is 0 Å². The second kappa shape index (κ2) is 3.95. The predicted octanol–water partition coefficient (Wildman–Crippen LogP) is 3.09. The topological polar surface area (TPSA) is 39.2 Å². The molecule has 18 heavy (non-hydrogen) atoms. The lowest BCUT2D eigenvalue weighted by atomic mass is 9.93. The Labute approximate surface area is 110 Å². The Balaban J connectivity index is 2.26. The molecule has 92 valence electrons. The Kier molecular flexibility index (Phi) is 2.52. The summed E-state index contributed by atoms with van der Waals surface area (Å²) in [5, 5.41) is 1.39. The van der Waals surface area contributed by atoms with Crippen molar-refractivity contribution in [1.82, 2.24) is 4.98 Å². The van der Waals surface area contributed by atoms with E-state index in [9.17, 15) is 4.79 Å². The lowest BCUT2D eigenvalue weighted by Gasteiger charge is -2.15. The van der Waals surface area contributed by atoms with Gasteiger partial charge in [0.05, 0.1) is 18.0 Å². The summed E-state index contributed by atoms with van der Waals surface area (Å²) in [6.07, 6.45) is 1.62. The van der Waals surface area contributed by atoms with Crippen LogP contribution in [0, 0.1) is 0 Å². The smallest absolute Gasteiger partial charge is 0.316 e. The Hall–Kier alpha value is -1.61. The lowest BCUT2D eigenvalue weighted by molar-refractivity contribution is -0.143. The van der Waals surface area contributed by atoms with Crippen LogP contribution < -0.4 is 0 Å². The van der Waals surface area contributed by atoms with Crippen molar-refractivity contribution in [2.75, 3.05) is 7.11 Å². The van der Waals surface area contributed by atoms with Crippen LogP contribution in [0.2, 0.25) is 5.15 Å². The molecular weight excluding hydrogens is 250 g/mol. The molecule has 0 spiro atoms. The van der Waals surface area contributed by atoms with Gasteiger partial charge in [0.2, 0.25) is 0 Å². The van der Waals surface area contributed by atoms with Gasteiger partial charge in [0.25, 0.3) is 0 Å². The van der Waals surface area contributed by atoms with E-state index < -0.39 is 5.41 Å². The molecule has 0 atom stereocenters. The first-order chi connectivity index (χ1) is 8.67. The number of carbonyl (C=O) groups excluding carboxylic acids is 1. The van der Waals surface area contributed by atoms with Gasteiger partial charge < -0.3 is 4.74 Å². The molecule has 1 fully saturated rings. The molecule has 0 unspecified atom stereocenters. The van der Waals surface area contributed by atoms with E-state index in [1.807, 2.05) is 24.3 Å². The van der Waals surface area contributed by atoms with E-state index in [-0.39, 0.29) is 5.97 Å². The molecule has 3 nitrogen and oxygen atoms in total. The maximum Gasteiger partial charge on any atom is 0.316 e. The zero-order valence-corrected chi connectivity index (χ0v) is 10.7. The normalized spacial score (nSPS) is 16.6. The fourth-order valence-corrected chi connectivity index (χ4v) is 2.64. The summed E-state index contributed by atoms with van der Waals surface area (Å²) >= 11 is 6.04. The fourth-order valence-electron chi connectivity index (χ4n) is 2.44. The highest BCUT2D eigenvalue weighted by molar-refractivity contribution is 6.30. The minimum Gasteiger partial charge on any atom is -0.468 e. The number of fused-ring (bicyclic) bond motifs is 1. The highest BCUT2D eigenvalue weighted by Gasteiger charge is 2.53. The van der Waals surface area contributed by atoms with Crippen molar-refractivity contribution in [3.05, 3.63) is 41.0 Å². The highest BCUT2D eigenvalue weighted by Crippen LogP contribution is 2.51. The first-order valence-electron chi connectivity index (χ1n) is 5.81. The quantitative estimate of drug-likeness (QED) is 0.616. The van der Waals surface area contributed by atoms with Crippen molar-refractivity contribution in [3.8, 4) is 0 Å². The molecule has 0 amide bonds. The summed E-state index contributed by atoms with van der Waals surface area (Å²) in [5.74, 6) is -0.185. The number of rotatable bonds is 2. The molecule has 4 heteroatoms. The van der Waals surface area contributed by atoms with Crippen LogP contribution in [0.3, 0.4) is 0 Å². The van der Waals surface area contributed by atoms with Crippen molar-refractivity contribution < 1.29 is 9.53 Å². The van der Waals surface area contributed by atoms with Crippen LogP contribution in [0.15, 0.2) is 30.3 Å². The third-order valence-electron chi connectivity index (χ3n) is 3.53. The first kappa shape index (κ1) is 11.5. The molecule has 0 saturated heterocycles. The number of hydrogen-bond acceptors (Lipinski definition) is 3. The number of halogens is 1. The van der Waals surface area contributed by atoms with E-state index in [1.165, 1.54) is 7.11 Å². The average Bonchev–Trinajstić information content (AvgIpc) is 3.18. The zero-order chi connectivity index (χ0) is 12.8. The Morgan fingerprint density at radius 1 is 1.39 bits per heavy atom. The molecule has 1 aliphatic carbocycles. The molecule has 1 aromatic carbocycles. The number of aromatic nitrogens is 1. The molecular formula is C14H12ClNO2. The van der Waals surface area contributed by atoms with E-state index >= 15 is 0 Å². The summed E-state index contributed by atoms with van der Waals surface area (Å²) in [7, 11) is 1.42. The van der Waals surface area contributed by atoms with Gasteiger partial charge in [0.15, 0.2) is 0 Å². The predicted molar refractivity (Wildman–Crippen MR) is 69.7 cm³/mol. The molecule has 0 aliphatic heterocycles. The van der Waals surface area contributed by atoms with Gasteiger partial charge in [-0.3, -0.25) is 4.79 Å². The highest BCUT2D eigenvalue weighted by atomic mass is 35.5. The summed E-state index contributed by atoms with van der Waals surface area (Å²) < 4.78 is 4.92. The third kappa shape index (κ3) is 1.58. The zero-order valence-electron chi connectivity index (χ0n) is 9.94. The molecule has 3 rings (SSSR count). The number of benzene rings is 1. The van der Waals surface area contributed by atoms with E-state index in [2.05, 4.69) is 4.98 Å². The maximum absolute atomic E-state index is 12.0. The molecule has 0 radical (unpaired) electrons. The average molecular weight is 262 g/mol. The third-order valence-corrected chi connectivity index (χ3v) is 3.72. The van der Waals surface area contributed by atoms with Gasteiger partial charge in [-0.2, -0.15) is 0 Å². The van der Waals surface area contributed by atoms with Crippen molar-refractivity contribution in [1.29, 1.82) is 0 Å². The summed E-state index contributed by atoms with van der Waals surface area (Å²) in [4.78, 5) is 16.2. The standard InChI is InChI=1S/C14H12ClNO2/c1-18-13(17)14(6-7-14)10-8-12(15)16-11-5-3-2-4-9(10)11/h2-5,8H,6-7H2,1H3. The Morgan fingerprint density at radius 3 is 2.78 bits per heavy atom. The number of pyridine rings is 1. The SMILES string of the molecule is COC(=O)C1(c2cc(Cl)nc3ccccc23)CC1. The second-order valence-corrected chi connectivity index (χ2v) is 4.97. The molecule has 1 saturated carbocycles. The van der Waals surface area contributed by atoms with Crippen molar-refractivity contribution in [3.63, 3.8) is 0 Å². The van der Waals surface area contributed by atoms with Crippen molar-refractivity contribution >= 4 is 28.5 Å². The number of carbonyl (C=O) groups is 1. The molecule has 1 heterocycles. The molecule has 1 aliphatic rings. The summed E-state index contributed by atoms with van der Waals surface area (Å²) in [6.45, 7) is 0. The van der Waals surface area contributed by atoms with Crippen LogP contribution in [0.25, 0.3) is 10.9 Å². The number of methoxy groups -OCH3 is 1. The lowest BCUT2D eigenvalue weighted by Crippen LogP contribution is -2.22. The van der Waals surface area contributed by atoms with Crippen LogP contribution in [0.5, 0.6) is 0 Å². The van der Waals surface area contributed by atoms with Gasteiger partial charge in [-0.05, 0) is 30.5 Å². The monoisotopic (exact) mass is 261 g/mol. The van der Waals surface area contributed by atoms with Crippen LogP contribution in [-0.4, -0.2) is 18.1 Å². The van der Waals surface area contributed by atoms with Crippen LogP contribution in [0.4, 0.5) is 0 Å².